The fourth-order valence-corrected chi connectivity index (χ4v) is 1.49. The summed E-state index contributed by atoms with van der Waals surface area (Å²) in [6.45, 7) is 2.27. The van der Waals surface area contributed by atoms with Gasteiger partial charge in [0.15, 0.2) is 11.6 Å². The molecule has 0 fully saturated rings. The standard InChI is InChI=1S/C11H15F2NO/c1-7(5-6-14)8-3-4-9(15-2)11(13)10(8)12/h3-4,7H,5-6,14H2,1-2H3. The van der Waals surface area contributed by atoms with Crippen molar-refractivity contribution in [3.05, 3.63) is 29.3 Å². The van der Waals surface area contributed by atoms with Crippen molar-refractivity contribution in [1.29, 1.82) is 0 Å². The summed E-state index contributed by atoms with van der Waals surface area (Å²) >= 11 is 0. The lowest BCUT2D eigenvalue weighted by molar-refractivity contribution is 0.368. The van der Waals surface area contributed by atoms with Crippen molar-refractivity contribution in [3.63, 3.8) is 0 Å². The molecule has 0 saturated heterocycles. The molecule has 1 atom stereocenters. The van der Waals surface area contributed by atoms with Crippen LogP contribution in [0.3, 0.4) is 0 Å². The van der Waals surface area contributed by atoms with Crippen molar-refractivity contribution in [2.75, 3.05) is 13.7 Å². The maximum Gasteiger partial charge on any atom is 0.200 e. The maximum atomic E-state index is 13.5. The molecule has 1 unspecified atom stereocenters. The molecule has 1 rings (SSSR count). The Kier molecular flexibility index (Phi) is 4.03. The molecule has 0 aromatic heterocycles. The minimum Gasteiger partial charge on any atom is -0.494 e. The van der Waals surface area contributed by atoms with E-state index in [1.807, 2.05) is 6.92 Å². The lowest BCUT2D eigenvalue weighted by Crippen LogP contribution is -2.07. The molecular weight excluding hydrogens is 200 g/mol. The van der Waals surface area contributed by atoms with Crippen LogP contribution in [0.5, 0.6) is 5.75 Å². The fraction of sp³-hybridized carbons (Fsp3) is 0.455. The van der Waals surface area contributed by atoms with E-state index in [2.05, 4.69) is 4.74 Å². The summed E-state index contributed by atoms with van der Waals surface area (Å²) in [5.41, 5.74) is 5.72. The summed E-state index contributed by atoms with van der Waals surface area (Å²) < 4.78 is 31.5. The van der Waals surface area contributed by atoms with Crippen molar-refractivity contribution >= 4 is 0 Å². The highest BCUT2D eigenvalue weighted by atomic mass is 19.2. The minimum absolute atomic E-state index is 0.0730. The van der Waals surface area contributed by atoms with Crippen LogP contribution in [0.2, 0.25) is 0 Å². The highest BCUT2D eigenvalue weighted by Gasteiger charge is 2.17. The highest BCUT2D eigenvalue weighted by Crippen LogP contribution is 2.28. The van der Waals surface area contributed by atoms with Gasteiger partial charge in [-0.05, 0) is 30.5 Å². The van der Waals surface area contributed by atoms with Gasteiger partial charge in [0.25, 0.3) is 0 Å². The van der Waals surface area contributed by atoms with E-state index in [4.69, 9.17) is 5.73 Å². The van der Waals surface area contributed by atoms with Crippen LogP contribution in [0.1, 0.15) is 24.8 Å². The highest BCUT2D eigenvalue weighted by molar-refractivity contribution is 5.32. The van der Waals surface area contributed by atoms with Crippen LogP contribution in [0, 0.1) is 11.6 Å². The molecule has 15 heavy (non-hydrogen) atoms. The van der Waals surface area contributed by atoms with Gasteiger partial charge in [-0.2, -0.15) is 4.39 Å². The normalized spacial score (nSPS) is 12.6. The molecule has 0 amide bonds. The number of hydrogen-bond donors (Lipinski definition) is 1. The number of nitrogens with two attached hydrogens (primary N) is 1. The molecule has 0 aliphatic carbocycles. The topological polar surface area (TPSA) is 35.2 Å². The zero-order valence-electron chi connectivity index (χ0n) is 8.89. The molecule has 2 nitrogen and oxygen atoms in total. The van der Waals surface area contributed by atoms with Crippen LogP contribution in [0.4, 0.5) is 8.78 Å². The van der Waals surface area contributed by atoms with Crippen molar-refractivity contribution in [3.8, 4) is 5.75 Å². The second kappa shape index (κ2) is 5.07. The molecule has 2 N–H and O–H groups in total. The first-order chi connectivity index (χ1) is 7.11. The number of ether oxygens (including phenoxy) is 1. The van der Waals surface area contributed by atoms with Crippen molar-refractivity contribution < 1.29 is 13.5 Å². The molecule has 1 aromatic carbocycles. The van der Waals surface area contributed by atoms with E-state index in [0.29, 0.717) is 18.5 Å². The molecule has 0 aliphatic heterocycles. The van der Waals surface area contributed by atoms with Gasteiger partial charge in [0.1, 0.15) is 0 Å². The molecule has 1 aromatic rings. The molecule has 84 valence electrons. The van der Waals surface area contributed by atoms with E-state index < -0.39 is 11.6 Å². The first kappa shape index (κ1) is 11.9. The Labute approximate surface area is 88.0 Å². The van der Waals surface area contributed by atoms with Gasteiger partial charge in [-0.3, -0.25) is 0 Å². The summed E-state index contributed by atoms with van der Waals surface area (Å²) in [5.74, 6) is -1.93. The summed E-state index contributed by atoms with van der Waals surface area (Å²) in [6.07, 6.45) is 0.628. The van der Waals surface area contributed by atoms with E-state index in [9.17, 15) is 8.78 Å². The Balaban J connectivity index is 3.06. The van der Waals surface area contributed by atoms with E-state index >= 15 is 0 Å². The first-order valence-corrected chi connectivity index (χ1v) is 4.83. The predicted molar refractivity (Wildman–Crippen MR) is 55.0 cm³/mol. The van der Waals surface area contributed by atoms with E-state index in [-0.39, 0.29) is 11.7 Å². The Morgan fingerprint density at radius 2 is 2.00 bits per heavy atom. The molecule has 0 radical (unpaired) electrons. The molecule has 0 saturated carbocycles. The largest absolute Gasteiger partial charge is 0.494 e. The molecule has 0 aliphatic rings. The van der Waals surface area contributed by atoms with E-state index in [0.717, 1.165) is 0 Å². The molecule has 0 bridgehead atoms. The average molecular weight is 215 g/mol. The number of benzene rings is 1. The van der Waals surface area contributed by atoms with Gasteiger partial charge >= 0.3 is 0 Å². The number of rotatable bonds is 4. The van der Waals surface area contributed by atoms with Gasteiger partial charge in [0.2, 0.25) is 5.82 Å². The third-order valence-electron chi connectivity index (χ3n) is 2.43. The van der Waals surface area contributed by atoms with Gasteiger partial charge in [0, 0.05) is 0 Å². The molecule has 0 heterocycles. The first-order valence-electron chi connectivity index (χ1n) is 4.83. The SMILES string of the molecule is COc1ccc(C(C)CCN)c(F)c1F. The van der Waals surface area contributed by atoms with E-state index in [1.54, 1.807) is 0 Å². The quantitative estimate of drug-likeness (QED) is 0.837. The van der Waals surface area contributed by atoms with Crippen molar-refractivity contribution in [2.45, 2.75) is 19.3 Å². The van der Waals surface area contributed by atoms with Crippen LogP contribution in [-0.2, 0) is 0 Å². The second-order valence-electron chi connectivity index (χ2n) is 3.46. The Hall–Kier alpha value is -1.16. The Morgan fingerprint density at radius 1 is 1.33 bits per heavy atom. The second-order valence-corrected chi connectivity index (χ2v) is 3.46. The Morgan fingerprint density at radius 3 is 2.53 bits per heavy atom. The van der Waals surface area contributed by atoms with E-state index in [1.165, 1.54) is 19.2 Å². The van der Waals surface area contributed by atoms with Crippen LogP contribution < -0.4 is 10.5 Å². The van der Waals surface area contributed by atoms with Gasteiger partial charge in [-0.25, -0.2) is 4.39 Å². The number of hydrogen-bond acceptors (Lipinski definition) is 2. The zero-order valence-corrected chi connectivity index (χ0v) is 8.89. The molecular formula is C11H15F2NO. The van der Waals surface area contributed by atoms with Gasteiger partial charge < -0.3 is 10.5 Å². The lowest BCUT2D eigenvalue weighted by Gasteiger charge is -2.13. The average Bonchev–Trinajstić information content (AvgIpc) is 2.22. The smallest absolute Gasteiger partial charge is 0.200 e. The summed E-state index contributed by atoms with van der Waals surface area (Å²) in [4.78, 5) is 0. The number of methoxy groups -OCH3 is 1. The van der Waals surface area contributed by atoms with Crippen LogP contribution in [0.15, 0.2) is 12.1 Å². The van der Waals surface area contributed by atoms with Gasteiger partial charge in [-0.1, -0.05) is 13.0 Å². The molecule has 0 spiro atoms. The third kappa shape index (κ3) is 2.45. The fourth-order valence-electron chi connectivity index (χ4n) is 1.49. The summed E-state index contributed by atoms with van der Waals surface area (Å²) in [5, 5.41) is 0. The van der Waals surface area contributed by atoms with Crippen LogP contribution >= 0.6 is 0 Å². The monoisotopic (exact) mass is 215 g/mol. The van der Waals surface area contributed by atoms with Crippen molar-refractivity contribution in [1.82, 2.24) is 0 Å². The minimum atomic E-state index is -0.932. The van der Waals surface area contributed by atoms with Gasteiger partial charge in [-0.15, -0.1) is 0 Å². The third-order valence-corrected chi connectivity index (χ3v) is 2.43. The Bertz CT molecular complexity index is 342. The lowest BCUT2D eigenvalue weighted by atomic mass is 9.97. The summed E-state index contributed by atoms with van der Waals surface area (Å²) in [7, 11) is 1.31. The van der Waals surface area contributed by atoms with Gasteiger partial charge in [0.05, 0.1) is 7.11 Å². The number of halogens is 2. The summed E-state index contributed by atoms with van der Waals surface area (Å²) in [6, 6.07) is 2.97. The zero-order chi connectivity index (χ0) is 11.4. The predicted octanol–water partition coefficient (Wildman–Crippen LogP) is 2.43. The van der Waals surface area contributed by atoms with Crippen LogP contribution in [0.25, 0.3) is 0 Å². The van der Waals surface area contributed by atoms with Crippen molar-refractivity contribution in [2.24, 2.45) is 5.73 Å². The maximum absolute atomic E-state index is 13.5. The molecule has 4 heteroatoms. The van der Waals surface area contributed by atoms with Crippen LogP contribution in [-0.4, -0.2) is 13.7 Å².